The molecule has 0 spiro atoms. The van der Waals surface area contributed by atoms with Gasteiger partial charge in [0.05, 0.1) is 0 Å². The van der Waals surface area contributed by atoms with Gasteiger partial charge in [-0.1, -0.05) is 13.8 Å². The van der Waals surface area contributed by atoms with E-state index in [9.17, 15) is 9.59 Å². The standard InChI is InChI=1S/C14H20N2O2S/c1-10(2)9-16-13(17)7-8-15-14(18)11-3-5-12(19)6-4-11/h3-6,10,19H,7-9H2,1-2H3,(H,15,18)(H,16,17). The number of carbonyl (C=O) groups excluding carboxylic acids is 2. The highest BCUT2D eigenvalue weighted by atomic mass is 32.1. The molecule has 0 atom stereocenters. The van der Waals surface area contributed by atoms with Crippen molar-refractivity contribution in [3.05, 3.63) is 29.8 Å². The molecule has 0 aromatic heterocycles. The first kappa shape index (κ1) is 15.6. The maximum atomic E-state index is 11.7. The van der Waals surface area contributed by atoms with E-state index in [4.69, 9.17) is 0 Å². The molecule has 0 fully saturated rings. The Labute approximate surface area is 119 Å². The number of carbonyl (C=O) groups is 2. The highest BCUT2D eigenvalue weighted by Crippen LogP contribution is 2.07. The molecule has 0 aliphatic rings. The molecule has 4 nitrogen and oxygen atoms in total. The third-order valence-corrected chi connectivity index (χ3v) is 2.77. The SMILES string of the molecule is CC(C)CNC(=O)CCNC(=O)c1ccc(S)cc1. The molecular formula is C14H20N2O2S. The normalized spacial score (nSPS) is 10.3. The van der Waals surface area contributed by atoms with Gasteiger partial charge in [0.1, 0.15) is 0 Å². The van der Waals surface area contributed by atoms with Crippen molar-refractivity contribution >= 4 is 24.4 Å². The van der Waals surface area contributed by atoms with Crippen LogP contribution in [0, 0.1) is 5.92 Å². The van der Waals surface area contributed by atoms with Crippen molar-refractivity contribution in [1.82, 2.24) is 10.6 Å². The summed E-state index contributed by atoms with van der Waals surface area (Å²) >= 11 is 4.15. The zero-order chi connectivity index (χ0) is 14.3. The van der Waals surface area contributed by atoms with Crippen LogP contribution >= 0.6 is 12.6 Å². The smallest absolute Gasteiger partial charge is 0.251 e. The number of hydrogen-bond donors (Lipinski definition) is 3. The lowest BCUT2D eigenvalue weighted by Crippen LogP contribution is -2.32. The fourth-order valence-corrected chi connectivity index (χ4v) is 1.56. The first-order valence-corrected chi connectivity index (χ1v) is 6.77. The quantitative estimate of drug-likeness (QED) is 0.697. The van der Waals surface area contributed by atoms with Crippen molar-refractivity contribution in [3.63, 3.8) is 0 Å². The van der Waals surface area contributed by atoms with Crippen LogP contribution in [0.25, 0.3) is 0 Å². The van der Waals surface area contributed by atoms with E-state index in [0.29, 0.717) is 31.0 Å². The molecule has 5 heteroatoms. The van der Waals surface area contributed by atoms with Crippen LogP contribution in [0.4, 0.5) is 0 Å². The van der Waals surface area contributed by atoms with E-state index in [-0.39, 0.29) is 11.8 Å². The zero-order valence-corrected chi connectivity index (χ0v) is 12.2. The lowest BCUT2D eigenvalue weighted by atomic mass is 10.2. The molecule has 0 bridgehead atoms. The average molecular weight is 280 g/mol. The largest absolute Gasteiger partial charge is 0.356 e. The van der Waals surface area contributed by atoms with Crippen LogP contribution < -0.4 is 10.6 Å². The second-order valence-electron chi connectivity index (χ2n) is 4.75. The maximum absolute atomic E-state index is 11.7. The van der Waals surface area contributed by atoms with Crippen LogP contribution in [-0.2, 0) is 4.79 Å². The van der Waals surface area contributed by atoms with Crippen LogP contribution in [-0.4, -0.2) is 24.9 Å². The van der Waals surface area contributed by atoms with Gasteiger partial charge in [-0.25, -0.2) is 0 Å². The van der Waals surface area contributed by atoms with Gasteiger partial charge in [-0.3, -0.25) is 9.59 Å². The Kier molecular flexibility index (Phi) is 6.42. The first-order chi connectivity index (χ1) is 8.99. The van der Waals surface area contributed by atoms with Gasteiger partial charge in [0, 0.05) is 30.0 Å². The van der Waals surface area contributed by atoms with Crippen LogP contribution in [0.3, 0.4) is 0 Å². The minimum absolute atomic E-state index is 0.0419. The van der Waals surface area contributed by atoms with Gasteiger partial charge in [-0.05, 0) is 30.2 Å². The monoisotopic (exact) mass is 280 g/mol. The predicted molar refractivity (Wildman–Crippen MR) is 78.5 cm³/mol. The highest BCUT2D eigenvalue weighted by Gasteiger charge is 2.06. The molecule has 1 aromatic carbocycles. The highest BCUT2D eigenvalue weighted by molar-refractivity contribution is 7.80. The maximum Gasteiger partial charge on any atom is 0.251 e. The van der Waals surface area contributed by atoms with Crippen molar-refractivity contribution in [2.45, 2.75) is 25.2 Å². The number of hydrogen-bond acceptors (Lipinski definition) is 3. The van der Waals surface area contributed by atoms with E-state index < -0.39 is 0 Å². The molecule has 0 saturated heterocycles. The third-order valence-electron chi connectivity index (χ3n) is 2.47. The molecule has 104 valence electrons. The van der Waals surface area contributed by atoms with Gasteiger partial charge in [-0.2, -0.15) is 0 Å². The minimum atomic E-state index is -0.176. The molecule has 1 aromatic rings. The number of nitrogens with one attached hydrogen (secondary N) is 2. The van der Waals surface area contributed by atoms with Crippen LogP contribution in [0.1, 0.15) is 30.6 Å². The third kappa shape index (κ3) is 6.29. The Balaban J connectivity index is 2.27. The summed E-state index contributed by atoms with van der Waals surface area (Å²) in [6, 6.07) is 6.92. The summed E-state index contributed by atoms with van der Waals surface area (Å²) < 4.78 is 0. The van der Waals surface area contributed by atoms with Crippen molar-refractivity contribution < 1.29 is 9.59 Å². The fraction of sp³-hybridized carbons (Fsp3) is 0.429. The molecule has 0 radical (unpaired) electrons. The number of rotatable bonds is 6. The Morgan fingerprint density at radius 1 is 1.16 bits per heavy atom. The van der Waals surface area contributed by atoms with Crippen molar-refractivity contribution in [3.8, 4) is 0 Å². The Hall–Kier alpha value is -1.49. The van der Waals surface area contributed by atoms with Crippen LogP contribution in [0.15, 0.2) is 29.2 Å². The summed E-state index contributed by atoms with van der Waals surface area (Å²) in [7, 11) is 0. The fourth-order valence-electron chi connectivity index (χ4n) is 1.41. The molecule has 1 rings (SSSR count). The second kappa shape index (κ2) is 7.84. The van der Waals surface area contributed by atoms with E-state index in [1.807, 2.05) is 13.8 Å². The molecule has 2 N–H and O–H groups in total. The first-order valence-electron chi connectivity index (χ1n) is 6.33. The van der Waals surface area contributed by atoms with Gasteiger partial charge in [0.25, 0.3) is 5.91 Å². The molecule has 0 heterocycles. The van der Waals surface area contributed by atoms with Gasteiger partial charge in [0.15, 0.2) is 0 Å². The van der Waals surface area contributed by atoms with Crippen molar-refractivity contribution in [2.24, 2.45) is 5.92 Å². The van der Waals surface area contributed by atoms with Crippen LogP contribution in [0.5, 0.6) is 0 Å². The molecule has 0 saturated carbocycles. The van der Waals surface area contributed by atoms with Gasteiger partial charge < -0.3 is 10.6 Å². The molecule has 19 heavy (non-hydrogen) atoms. The predicted octanol–water partition coefficient (Wildman–Crippen LogP) is 1.87. The Bertz CT molecular complexity index is 430. The Morgan fingerprint density at radius 2 is 1.79 bits per heavy atom. The molecule has 0 unspecified atom stereocenters. The van der Waals surface area contributed by atoms with Gasteiger partial charge >= 0.3 is 0 Å². The molecule has 0 aliphatic carbocycles. The molecule has 2 amide bonds. The summed E-state index contributed by atoms with van der Waals surface area (Å²) in [5.41, 5.74) is 0.570. The zero-order valence-electron chi connectivity index (χ0n) is 11.3. The summed E-state index contributed by atoms with van der Waals surface area (Å²) in [5.74, 6) is 0.211. The average Bonchev–Trinajstić information content (AvgIpc) is 2.37. The van der Waals surface area contributed by atoms with E-state index in [2.05, 4.69) is 23.3 Å². The minimum Gasteiger partial charge on any atom is -0.356 e. The van der Waals surface area contributed by atoms with Crippen molar-refractivity contribution in [2.75, 3.05) is 13.1 Å². The summed E-state index contributed by atoms with van der Waals surface area (Å²) in [6.07, 6.45) is 0.295. The van der Waals surface area contributed by atoms with Gasteiger partial charge in [0.2, 0.25) is 5.91 Å². The van der Waals surface area contributed by atoms with E-state index >= 15 is 0 Å². The molecular weight excluding hydrogens is 260 g/mol. The van der Waals surface area contributed by atoms with E-state index in [1.54, 1.807) is 24.3 Å². The summed E-state index contributed by atoms with van der Waals surface area (Å²) in [6.45, 7) is 5.07. The topological polar surface area (TPSA) is 58.2 Å². The lowest BCUT2D eigenvalue weighted by Gasteiger charge is -2.08. The molecule has 0 aliphatic heterocycles. The summed E-state index contributed by atoms with van der Waals surface area (Å²) in [5, 5.41) is 5.51. The van der Waals surface area contributed by atoms with Crippen molar-refractivity contribution in [1.29, 1.82) is 0 Å². The van der Waals surface area contributed by atoms with Crippen LogP contribution in [0.2, 0.25) is 0 Å². The Morgan fingerprint density at radius 3 is 2.37 bits per heavy atom. The lowest BCUT2D eigenvalue weighted by molar-refractivity contribution is -0.121. The number of benzene rings is 1. The van der Waals surface area contributed by atoms with Gasteiger partial charge in [-0.15, -0.1) is 12.6 Å². The van der Waals surface area contributed by atoms with E-state index in [1.165, 1.54) is 0 Å². The second-order valence-corrected chi connectivity index (χ2v) is 5.27. The number of thiol groups is 1. The number of amides is 2. The van der Waals surface area contributed by atoms with E-state index in [0.717, 1.165) is 4.90 Å². The summed E-state index contributed by atoms with van der Waals surface area (Å²) in [4.78, 5) is 24.0.